The first kappa shape index (κ1) is 16.2. The SMILES string of the molecule is C/C(=N/NC(=O)c1cc(Br)c[nH]1)c1ccccc1OC(F)F. The summed E-state index contributed by atoms with van der Waals surface area (Å²) in [7, 11) is 0. The summed E-state index contributed by atoms with van der Waals surface area (Å²) in [5.74, 6) is -0.451. The molecular formula is C14H12BrF2N3O2. The van der Waals surface area contributed by atoms with Crippen LogP contribution in [0.5, 0.6) is 5.75 Å². The van der Waals surface area contributed by atoms with Crippen LogP contribution in [0.1, 0.15) is 23.0 Å². The van der Waals surface area contributed by atoms with Crippen molar-refractivity contribution in [2.24, 2.45) is 5.10 Å². The van der Waals surface area contributed by atoms with Gasteiger partial charge >= 0.3 is 6.61 Å². The zero-order chi connectivity index (χ0) is 16.1. The van der Waals surface area contributed by atoms with Crippen LogP contribution in [-0.4, -0.2) is 23.2 Å². The summed E-state index contributed by atoms with van der Waals surface area (Å²) < 4.78 is 29.9. The van der Waals surface area contributed by atoms with Crippen LogP contribution < -0.4 is 10.2 Å². The zero-order valence-electron chi connectivity index (χ0n) is 11.4. The van der Waals surface area contributed by atoms with E-state index in [1.165, 1.54) is 6.07 Å². The smallest absolute Gasteiger partial charge is 0.387 e. The van der Waals surface area contributed by atoms with Crippen LogP contribution >= 0.6 is 15.9 Å². The van der Waals surface area contributed by atoms with Crippen LogP contribution in [0.2, 0.25) is 0 Å². The molecule has 0 aliphatic heterocycles. The van der Waals surface area contributed by atoms with Gasteiger partial charge in [-0.3, -0.25) is 4.79 Å². The monoisotopic (exact) mass is 371 g/mol. The number of nitrogens with one attached hydrogen (secondary N) is 2. The lowest BCUT2D eigenvalue weighted by atomic mass is 10.1. The van der Waals surface area contributed by atoms with Crippen molar-refractivity contribution in [3.8, 4) is 5.75 Å². The van der Waals surface area contributed by atoms with Gasteiger partial charge in [0.1, 0.15) is 11.4 Å². The zero-order valence-corrected chi connectivity index (χ0v) is 13.0. The third-order valence-corrected chi connectivity index (χ3v) is 3.17. The van der Waals surface area contributed by atoms with E-state index in [9.17, 15) is 13.6 Å². The van der Waals surface area contributed by atoms with Crippen LogP contribution in [0.25, 0.3) is 0 Å². The number of H-pyrrole nitrogens is 1. The molecule has 2 aromatic rings. The molecule has 0 aliphatic carbocycles. The summed E-state index contributed by atoms with van der Waals surface area (Å²) in [5, 5.41) is 3.90. The molecule has 0 bridgehead atoms. The number of amides is 1. The van der Waals surface area contributed by atoms with Crippen molar-refractivity contribution in [2.45, 2.75) is 13.5 Å². The molecule has 5 nitrogen and oxygen atoms in total. The van der Waals surface area contributed by atoms with Crippen LogP contribution in [-0.2, 0) is 0 Å². The second-order valence-electron chi connectivity index (χ2n) is 4.24. The van der Waals surface area contributed by atoms with Gasteiger partial charge in [-0.1, -0.05) is 12.1 Å². The van der Waals surface area contributed by atoms with Crippen molar-refractivity contribution in [3.05, 3.63) is 52.3 Å². The van der Waals surface area contributed by atoms with Crippen LogP contribution in [0.3, 0.4) is 0 Å². The number of carbonyl (C=O) groups is 1. The Labute approximate surface area is 133 Å². The molecule has 116 valence electrons. The first-order valence-corrected chi connectivity index (χ1v) is 6.99. The molecule has 8 heteroatoms. The molecule has 1 aromatic heterocycles. The van der Waals surface area contributed by atoms with Crippen LogP contribution in [0.15, 0.2) is 46.1 Å². The number of para-hydroxylation sites is 1. The van der Waals surface area contributed by atoms with Gasteiger partial charge in [0.25, 0.3) is 5.91 Å². The van der Waals surface area contributed by atoms with Gasteiger partial charge in [-0.15, -0.1) is 0 Å². The molecule has 1 amide bonds. The summed E-state index contributed by atoms with van der Waals surface area (Å²) >= 11 is 3.21. The van der Waals surface area contributed by atoms with Gasteiger partial charge in [-0.25, -0.2) is 5.43 Å². The topological polar surface area (TPSA) is 66.5 Å². The highest BCUT2D eigenvalue weighted by Gasteiger charge is 2.12. The highest BCUT2D eigenvalue weighted by atomic mass is 79.9. The predicted octanol–water partition coefficient (Wildman–Crippen LogP) is 3.53. The average molecular weight is 372 g/mol. The number of aromatic amines is 1. The van der Waals surface area contributed by atoms with Crippen molar-refractivity contribution < 1.29 is 18.3 Å². The van der Waals surface area contributed by atoms with E-state index < -0.39 is 12.5 Å². The van der Waals surface area contributed by atoms with E-state index in [2.05, 4.69) is 36.2 Å². The summed E-state index contributed by atoms with van der Waals surface area (Å²) in [6, 6.07) is 7.81. The Morgan fingerprint density at radius 2 is 2.14 bits per heavy atom. The van der Waals surface area contributed by atoms with E-state index in [1.807, 2.05) is 0 Å². The summed E-state index contributed by atoms with van der Waals surface area (Å²) in [6.45, 7) is -1.35. The van der Waals surface area contributed by atoms with Crippen molar-refractivity contribution in [1.82, 2.24) is 10.4 Å². The number of hydrazone groups is 1. The van der Waals surface area contributed by atoms with E-state index in [4.69, 9.17) is 0 Å². The second kappa shape index (κ2) is 7.17. The number of aromatic nitrogens is 1. The van der Waals surface area contributed by atoms with Gasteiger partial charge < -0.3 is 9.72 Å². The third kappa shape index (κ3) is 4.14. The lowest BCUT2D eigenvalue weighted by Gasteiger charge is -2.10. The highest BCUT2D eigenvalue weighted by molar-refractivity contribution is 9.10. The summed E-state index contributed by atoms with van der Waals surface area (Å²) in [5.41, 5.74) is 3.38. The van der Waals surface area contributed by atoms with E-state index in [1.54, 1.807) is 37.4 Å². The maximum Gasteiger partial charge on any atom is 0.387 e. The number of hydrogen-bond donors (Lipinski definition) is 2. The fourth-order valence-electron chi connectivity index (χ4n) is 1.72. The van der Waals surface area contributed by atoms with Crippen molar-refractivity contribution in [2.75, 3.05) is 0 Å². The molecule has 0 radical (unpaired) electrons. The minimum Gasteiger partial charge on any atom is -0.434 e. The summed E-state index contributed by atoms with van der Waals surface area (Å²) in [4.78, 5) is 14.6. The molecule has 0 spiro atoms. The minimum absolute atomic E-state index is 0.00406. The Balaban J connectivity index is 2.14. The Hall–Kier alpha value is -2.22. The third-order valence-electron chi connectivity index (χ3n) is 2.71. The maximum absolute atomic E-state index is 12.4. The lowest BCUT2D eigenvalue weighted by Crippen LogP contribution is -2.20. The van der Waals surface area contributed by atoms with Gasteiger partial charge in [0.15, 0.2) is 0 Å². The molecule has 2 rings (SSSR count). The first-order valence-electron chi connectivity index (χ1n) is 6.20. The van der Waals surface area contributed by atoms with Crippen LogP contribution in [0, 0.1) is 0 Å². The number of hydrogen-bond acceptors (Lipinski definition) is 3. The molecule has 0 atom stereocenters. The molecule has 0 aliphatic rings. The number of ether oxygens (including phenoxy) is 1. The number of benzene rings is 1. The summed E-state index contributed by atoms with van der Waals surface area (Å²) in [6.07, 6.45) is 1.61. The number of alkyl halides is 2. The fourth-order valence-corrected chi connectivity index (χ4v) is 2.06. The van der Waals surface area contributed by atoms with Crippen LogP contribution in [0.4, 0.5) is 8.78 Å². The lowest BCUT2D eigenvalue weighted by molar-refractivity contribution is -0.0499. The van der Waals surface area contributed by atoms with Crippen molar-refractivity contribution >= 4 is 27.5 Å². The molecule has 0 saturated heterocycles. The molecule has 22 heavy (non-hydrogen) atoms. The van der Waals surface area contributed by atoms with Gasteiger partial charge in [0.05, 0.1) is 5.71 Å². The van der Waals surface area contributed by atoms with E-state index in [-0.39, 0.29) is 5.75 Å². The first-order chi connectivity index (χ1) is 10.5. The number of carbonyl (C=O) groups excluding carboxylic acids is 1. The van der Waals surface area contributed by atoms with Gasteiger partial charge in [0.2, 0.25) is 0 Å². The predicted molar refractivity (Wildman–Crippen MR) is 81.2 cm³/mol. The van der Waals surface area contributed by atoms with E-state index in [0.29, 0.717) is 17.0 Å². The highest BCUT2D eigenvalue weighted by Crippen LogP contribution is 2.21. The number of nitrogens with zero attached hydrogens (tertiary/aromatic N) is 1. The standard InChI is InChI=1S/C14H12BrF2N3O2/c1-8(10-4-2-3-5-12(10)22-14(16)17)19-20-13(21)11-6-9(15)7-18-11/h2-7,14,18H,1H3,(H,20,21)/b19-8-. The Bertz CT molecular complexity index is 701. The van der Waals surface area contributed by atoms with Gasteiger partial charge in [-0.2, -0.15) is 13.9 Å². The number of halogens is 3. The van der Waals surface area contributed by atoms with Gasteiger partial charge in [-0.05, 0) is 41.1 Å². The Kier molecular flexibility index (Phi) is 5.26. The number of rotatable bonds is 5. The molecule has 0 saturated carbocycles. The minimum atomic E-state index is -2.93. The quantitative estimate of drug-likeness (QED) is 0.623. The van der Waals surface area contributed by atoms with Crippen molar-refractivity contribution in [1.29, 1.82) is 0 Å². The Morgan fingerprint density at radius 3 is 2.77 bits per heavy atom. The maximum atomic E-state index is 12.4. The Morgan fingerprint density at radius 1 is 1.41 bits per heavy atom. The van der Waals surface area contributed by atoms with Crippen molar-refractivity contribution in [3.63, 3.8) is 0 Å². The molecule has 0 unspecified atom stereocenters. The van der Waals surface area contributed by atoms with E-state index in [0.717, 1.165) is 4.47 Å². The molecule has 0 fully saturated rings. The largest absolute Gasteiger partial charge is 0.434 e. The normalized spacial score (nSPS) is 11.6. The molecule has 1 heterocycles. The van der Waals surface area contributed by atoms with E-state index >= 15 is 0 Å². The average Bonchev–Trinajstić information content (AvgIpc) is 2.91. The molecule has 2 N–H and O–H groups in total. The molecule has 1 aromatic carbocycles. The molecular weight excluding hydrogens is 360 g/mol. The van der Waals surface area contributed by atoms with Gasteiger partial charge in [0, 0.05) is 16.2 Å². The second-order valence-corrected chi connectivity index (χ2v) is 5.16. The fraction of sp³-hybridized carbons (Fsp3) is 0.143.